The fourth-order valence-corrected chi connectivity index (χ4v) is 2.08. The number of hydrogen-bond acceptors (Lipinski definition) is 2. The number of aromatic nitrogens is 2. The van der Waals surface area contributed by atoms with Gasteiger partial charge in [0, 0.05) is 22.9 Å². The van der Waals surface area contributed by atoms with Crippen LogP contribution >= 0.6 is 0 Å². The normalized spacial score (nSPS) is 21.1. The van der Waals surface area contributed by atoms with Gasteiger partial charge in [0.2, 0.25) is 0 Å². The van der Waals surface area contributed by atoms with E-state index in [0.29, 0.717) is 5.92 Å². The first-order valence-corrected chi connectivity index (χ1v) is 5.62. The van der Waals surface area contributed by atoms with Gasteiger partial charge in [0.15, 0.2) is 0 Å². The SMILES string of the molecule is CC1=NC(c2cn[nH]c2C2CC2)=CCC1. The summed E-state index contributed by atoms with van der Waals surface area (Å²) in [4.78, 5) is 4.61. The number of H-pyrrole nitrogens is 1. The number of nitrogens with one attached hydrogen (secondary N) is 1. The molecule has 3 rings (SSSR count). The molecule has 1 fully saturated rings. The molecule has 3 nitrogen and oxygen atoms in total. The van der Waals surface area contributed by atoms with Gasteiger partial charge in [0.25, 0.3) is 0 Å². The summed E-state index contributed by atoms with van der Waals surface area (Å²) in [5, 5.41) is 7.27. The van der Waals surface area contributed by atoms with Crippen LogP contribution in [-0.2, 0) is 0 Å². The number of aromatic amines is 1. The average molecular weight is 201 g/mol. The maximum absolute atomic E-state index is 4.61. The summed E-state index contributed by atoms with van der Waals surface area (Å²) in [7, 11) is 0. The summed E-state index contributed by atoms with van der Waals surface area (Å²) >= 11 is 0. The van der Waals surface area contributed by atoms with E-state index in [-0.39, 0.29) is 0 Å². The standard InChI is InChI=1S/C12H15N3/c1-8-3-2-4-11(14-8)10-7-13-15-12(10)9-5-6-9/h4,7,9H,2-3,5-6H2,1H3,(H,13,15). The third-order valence-corrected chi connectivity index (χ3v) is 3.09. The molecule has 0 aromatic carbocycles. The van der Waals surface area contributed by atoms with E-state index in [0.717, 1.165) is 18.5 Å². The monoisotopic (exact) mass is 201 g/mol. The number of rotatable bonds is 2. The molecule has 1 aliphatic carbocycles. The van der Waals surface area contributed by atoms with Gasteiger partial charge in [0.1, 0.15) is 0 Å². The van der Waals surface area contributed by atoms with Crippen molar-refractivity contribution < 1.29 is 0 Å². The summed E-state index contributed by atoms with van der Waals surface area (Å²) in [6, 6.07) is 0. The van der Waals surface area contributed by atoms with E-state index in [4.69, 9.17) is 0 Å². The lowest BCUT2D eigenvalue weighted by atomic mass is 10.1. The molecule has 15 heavy (non-hydrogen) atoms. The van der Waals surface area contributed by atoms with Gasteiger partial charge in [-0.05, 0) is 32.6 Å². The summed E-state index contributed by atoms with van der Waals surface area (Å²) in [5.74, 6) is 0.709. The number of nitrogens with zero attached hydrogens (tertiary/aromatic N) is 2. The maximum Gasteiger partial charge on any atom is 0.0695 e. The Bertz CT molecular complexity index is 435. The third-order valence-electron chi connectivity index (χ3n) is 3.09. The molecule has 1 saturated carbocycles. The Balaban J connectivity index is 1.98. The van der Waals surface area contributed by atoms with Crippen LogP contribution in [-0.4, -0.2) is 15.9 Å². The third kappa shape index (κ3) is 1.62. The van der Waals surface area contributed by atoms with Gasteiger partial charge in [-0.3, -0.25) is 10.1 Å². The van der Waals surface area contributed by atoms with Crippen LogP contribution in [0.3, 0.4) is 0 Å². The van der Waals surface area contributed by atoms with Crippen molar-refractivity contribution in [3.8, 4) is 0 Å². The lowest BCUT2D eigenvalue weighted by molar-refractivity contribution is 0.961. The molecule has 0 unspecified atom stereocenters. The molecule has 0 bridgehead atoms. The summed E-state index contributed by atoms with van der Waals surface area (Å²) in [6.07, 6.45) is 8.95. The van der Waals surface area contributed by atoms with Crippen molar-refractivity contribution in [1.29, 1.82) is 0 Å². The van der Waals surface area contributed by atoms with Crippen LogP contribution < -0.4 is 0 Å². The Kier molecular flexibility index (Phi) is 1.97. The molecule has 0 saturated heterocycles. The number of allylic oxidation sites excluding steroid dienone is 1. The Morgan fingerprint density at radius 3 is 3.00 bits per heavy atom. The maximum atomic E-state index is 4.61. The van der Waals surface area contributed by atoms with E-state index in [2.05, 4.69) is 28.2 Å². The quantitative estimate of drug-likeness (QED) is 0.785. The predicted molar refractivity (Wildman–Crippen MR) is 60.9 cm³/mol. The van der Waals surface area contributed by atoms with Crippen molar-refractivity contribution in [1.82, 2.24) is 10.2 Å². The van der Waals surface area contributed by atoms with Crippen LogP contribution in [0.4, 0.5) is 0 Å². The van der Waals surface area contributed by atoms with Crippen LogP contribution in [0.15, 0.2) is 17.3 Å². The first-order valence-electron chi connectivity index (χ1n) is 5.62. The lowest BCUT2D eigenvalue weighted by Gasteiger charge is -2.09. The van der Waals surface area contributed by atoms with Crippen LogP contribution in [0.5, 0.6) is 0 Å². The molecular formula is C12H15N3. The van der Waals surface area contributed by atoms with E-state index in [1.807, 2.05) is 6.20 Å². The molecule has 2 aliphatic rings. The van der Waals surface area contributed by atoms with Gasteiger partial charge in [-0.2, -0.15) is 5.10 Å². The fourth-order valence-electron chi connectivity index (χ4n) is 2.08. The molecule has 1 aliphatic heterocycles. The van der Waals surface area contributed by atoms with E-state index < -0.39 is 0 Å². The molecule has 0 spiro atoms. The summed E-state index contributed by atoms with van der Waals surface area (Å²) in [5.41, 5.74) is 4.86. The van der Waals surface area contributed by atoms with E-state index in [1.54, 1.807) is 0 Å². The Hall–Kier alpha value is -1.38. The molecule has 3 heteroatoms. The highest BCUT2D eigenvalue weighted by atomic mass is 15.1. The topological polar surface area (TPSA) is 41.0 Å². The van der Waals surface area contributed by atoms with Gasteiger partial charge in [-0.25, -0.2) is 0 Å². The van der Waals surface area contributed by atoms with Gasteiger partial charge >= 0.3 is 0 Å². The van der Waals surface area contributed by atoms with Crippen molar-refractivity contribution in [2.45, 2.75) is 38.5 Å². The highest BCUT2D eigenvalue weighted by molar-refractivity contribution is 5.90. The molecule has 2 heterocycles. The highest BCUT2D eigenvalue weighted by Gasteiger charge is 2.28. The molecule has 0 radical (unpaired) electrons. The van der Waals surface area contributed by atoms with E-state index in [9.17, 15) is 0 Å². The number of aliphatic imine (C=N–C) groups is 1. The lowest BCUT2D eigenvalue weighted by Crippen LogP contribution is -1.98. The molecule has 0 amide bonds. The molecular weight excluding hydrogens is 186 g/mol. The predicted octanol–water partition coefficient (Wildman–Crippen LogP) is 2.88. The second-order valence-corrected chi connectivity index (χ2v) is 4.45. The van der Waals surface area contributed by atoms with Crippen LogP contribution in [0.1, 0.15) is 49.8 Å². The summed E-state index contributed by atoms with van der Waals surface area (Å²) in [6.45, 7) is 2.10. The molecule has 1 N–H and O–H groups in total. The van der Waals surface area contributed by atoms with Crippen molar-refractivity contribution in [2.24, 2.45) is 4.99 Å². The van der Waals surface area contributed by atoms with Crippen LogP contribution in [0, 0.1) is 0 Å². The van der Waals surface area contributed by atoms with Gasteiger partial charge < -0.3 is 0 Å². The van der Waals surface area contributed by atoms with E-state index in [1.165, 1.54) is 29.8 Å². The smallest absolute Gasteiger partial charge is 0.0695 e. The average Bonchev–Trinajstić information content (AvgIpc) is 2.96. The first kappa shape index (κ1) is 8.89. The minimum absolute atomic E-state index is 0.709. The van der Waals surface area contributed by atoms with Crippen molar-refractivity contribution in [2.75, 3.05) is 0 Å². The second kappa shape index (κ2) is 3.33. The second-order valence-electron chi connectivity index (χ2n) is 4.45. The zero-order valence-electron chi connectivity index (χ0n) is 8.95. The van der Waals surface area contributed by atoms with Crippen molar-refractivity contribution in [3.05, 3.63) is 23.5 Å². The Morgan fingerprint density at radius 2 is 2.27 bits per heavy atom. The first-order chi connectivity index (χ1) is 7.34. The zero-order valence-corrected chi connectivity index (χ0v) is 8.95. The molecule has 1 aromatic heterocycles. The minimum atomic E-state index is 0.709. The largest absolute Gasteiger partial charge is 0.282 e. The Labute approximate surface area is 89.3 Å². The van der Waals surface area contributed by atoms with Gasteiger partial charge in [-0.1, -0.05) is 6.08 Å². The molecule has 0 atom stereocenters. The fraction of sp³-hybridized carbons (Fsp3) is 0.500. The zero-order chi connectivity index (χ0) is 10.3. The van der Waals surface area contributed by atoms with E-state index >= 15 is 0 Å². The van der Waals surface area contributed by atoms with Gasteiger partial charge in [-0.15, -0.1) is 0 Å². The Morgan fingerprint density at radius 1 is 1.40 bits per heavy atom. The molecule has 78 valence electrons. The van der Waals surface area contributed by atoms with Gasteiger partial charge in [0.05, 0.1) is 11.9 Å². The van der Waals surface area contributed by atoms with Crippen molar-refractivity contribution >= 4 is 11.4 Å². The summed E-state index contributed by atoms with van der Waals surface area (Å²) < 4.78 is 0. The van der Waals surface area contributed by atoms with Crippen LogP contribution in [0.2, 0.25) is 0 Å². The number of hydrogen-bond donors (Lipinski definition) is 1. The van der Waals surface area contributed by atoms with Crippen LogP contribution in [0.25, 0.3) is 5.70 Å². The minimum Gasteiger partial charge on any atom is -0.282 e. The molecule has 1 aromatic rings. The highest BCUT2D eigenvalue weighted by Crippen LogP contribution is 2.42. The van der Waals surface area contributed by atoms with Crippen molar-refractivity contribution in [3.63, 3.8) is 0 Å².